The van der Waals surface area contributed by atoms with Gasteiger partial charge in [0.25, 0.3) is 0 Å². The fourth-order valence-corrected chi connectivity index (χ4v) is 3.68. The molecule has 2 rings (SSSR count). The molecule has 1 aromatic rings. The third-order valence-electron chi connectivity index (χ3n) is 4.50. The zero-order valence-electron chi connectivity index (χ0n) is 13.2. The van der Waals surface area contributed by atoms with E-state index in [1.807, 2.05) is 25.1 Å². The summed E-state index contributed by atoms with van der Waals surface area (Å²) in [6.07, 6.45) is 5.49. The molecule has 2 nitrogen and oxygen atoms in total. The minimum absolute atomic E-state index is 0.116. The number of benzene rings is 1. The van der Waals surface area contributed by atoms with Gasteiger partial charge in [-0.05, 0) is 55.9 Å². The number of Topliss-reactive ketones (excluding diaryl/α,β-unsaturated/α-hetero) is 1. The molecule has 1 aliphatic carbocycles. The molecule has 0 spiro atoms. The number of ketones is 1. The quantitative estimate of drug-likeness (QED) is 0.721. The molecule has 110 valence electrons. The molecule has 20 heavy (non-hydrogen) atoms. The van der Waals surface area contributed by atoms with Gasteiger partial charge in [0.05, 0.1) is 7.11 Å². The van der Waals surface area contributed by atoms with Gasteiger partial charge in [-0.25, -0.2) is 0 Å². The van der Waals surface area contributed by atoms with Crippen molar-refractivity contribution in [3.05, 3.63) is 29.3 Å². The van der Waals surface area contributed by atoms with E-state index in [0.717, 1.165) is 36.1 Å². The van der Waals surface area contributed by atoms with Gasteiger partial charge >= 0.3 is 0 Å². The summed E-state index contributed by atoms with van der Waals surface area (Å²) in [4.78, 5) is 13.0. The summed E-state index contributed by atoms with van der Waals surface area (Å²) in [5, 5.41) is 0. The summed E-state index contributed by atoms with van der Waals surface area (Å²) in [7, 11) is 1.67. The smallest absolute Gasteiger partial charge is 0.169 e. The minimum atomic E-state index is -0.116. The highest BCUT2D eigenvalue weighted by Crippen LogP contribution is 2.45. The van der Waals surface area contributed by atoms with Crippen LogP contribution < -0.4 is 4.74 Å². The molecular formula is C18H26O2. The number of ether oxygens (including phenoxy) is 1. The monoisotopic (exact) mass is 274 g/mol. The number of hydrogen-bond acceptors (Lipinski definition) is 2. The van der Waals surface area contributed by atoms with Crippen molar-refractivity contribution < 1.29 is 9.53 Å². The second-order valence-electron chi connectivity index (χ2n) is 6.60. The first kappa shape index (κ1) is 15.1. The summed E-state index contributed by atoms with van der Waals surface area (Å²) < 4.78 is 5.28. The van der Waals surface area contributed by atoms with Crippen molar-refractivity contribution in [1.82, 2.24) is 0 Å². The maximum Gasteiger partial charge on any atom is 0.169 e. The van der Waals surface area contributed by atoms with Crippen molar-refractivity contribution in [2.45, 2.75) is 52.9 Å². The van der Waals surface area contributed by atoms with Crippen LogP contribution >= 0.6 is 0 Å². The average Bonchev–Trinajstić information content (AvgIpc) is 2.86. The molecule has 1 aromatic carbocycles. The van der Waals surface area contributed by atoms with Gasteiger partial charge in [-0.2, -0.15) is 0 Å². The summed E-state index contributed by atoms with van der Waals surface area (Å²) in [6.45, 7) is 6.43. The summed E-state index contributed by atoms with van der Waals surface area (Å²) in [6, 6.07) is 5.83. The lowest BCUT2D eigenvalue weighted by atomic mass is 9.73. The molecule has 0 bridgehead atoms. The second kappa shape index (κ2) is 5.99. The highest BCUT2D eigenvalue weighted by Gasteiger charge is 2.41. The standard InChI is InChI=1S/C18H26O2/c1-13(2)12-18(9-5-6-10-18)17(19)15-7-8-16(20-4)14(3)11-15/h7-8,11,13H,5-6,9-10,12H2,1-4H3. The molecule has 0 radical (unpaired) electrons. The molecule has 2 heteroatoms. The topological polar surface area (TPSA) is 26.3 Å². The Morgan fingerprint density at radius 2 is 1.95 bits per heavy atom. The molecule has 0 N–H and O–H groups in total. The third-order valence-corrected chi connectivity index (χ3v) is 4.50. The van der Waals surface area contributed by atoms with Crippen LogP contribution in [0.15, 0.2) is 18.2 Å². The van der Waals surface area contributed by atoms with Gasteiger partial charge in [0.1, 0.15) is 5.75 Å². The van der Waals surface area contributed by atoms with Crippen molar-refractivity contribution in [3.63, 3.8) is 0 Å². The average molecular weight is 274 g/mol. The van der Waals surface area contributed by atoms with Crippen LogP contribution in [-0.2, 0) is 0 Å². The lowest BCUT2D eigenvalue weighted by Gasteiger charge is -2.29. The Balaban J connectivity index is 2.30. The highest BCUT2D eigenvalue weighted by atomic mass is 16.5. The molecule has 0 aromatic heterocycles. The Kier molecular flexibility index (Phi) is 4.52. The van der Waals surface area contributed by atoms with Crippen LogP contribution in [0.2, 0.25) is 0 Å². The van der Waals surface area contributed by atoms with Crippen molar-refractivity contribution in [3.8, 4) is 5.75 Å². The third kappa shape index (κ3) is 2.89. The molecule has 0 atom stereocenters. The van der Waals surface area contributed by atoms with Gasteiger partial charge < -0.3 is 4.74 Å². The van der Waals surface area contributed by atoms with E-state index in [1.54, 1.807) is 7.11 Å². The van der Waals surface area contributed by atoms with E-state index < -0.39 is 0 Å². The highest BCUT2D eigenvalue weighted by molar-refractivity contribution is 6.01. The van der Waals surface area contributed by atoms with Crippen LogP contribution in [0.25, 0.3) is 0 Å². The zero-order valence-corrected chi connectivity index (χ0v) is 13.2. The molecule has 0 aliphatic heterocycles. The Morgan fingerprint density at radius 3 is 2.45 bits per heavy atom. The number of carbonyl (C=O) groups is 1. The molecule has 1 aliphatic rings. The van der Waals surface area contributed by atoms with Crippen LogP contribution in [0.1, 0.15) is 61.9 Å². The molecule has 1 saturated carbocycles. The van der Waals surface area contributed by atoms with Crippen LogP contribution in [0.4, 0.5) is 0 Å². The Labute approximate surface area is 122 Å². The van der Waals surface area contributed by atoms with Crippen LogP contribution in [0.3, 0.4) is 0 Å². The number of aryl methyl sites for hydroxylation is 1. The largest absolute Gasteiger partial charge is 0.496 e. The van der Waals surface area contributed by atoms with Crippen molar-refractivity contribution in [2.75, 3.05) is 7.11 Å². The van der Waals surface area contributed by atoms with Gasteiger partial charge in [0, 0.05) is 11.0 Å². The lowest BCUT2D eigenvalue weighted by molar-refractivity contribution is 0.0760. The lowest BCUT2D eigenvalue weighted by Crippen LogP contribution is -2.30. The van der Waals surface area contributed by atoms with Crippen molar-refractivity contribution in [1.29, 1.82) is 0 Å². The first-order valence-corrected chi connectivity index (χ1v) is 7.68. The van der Waals surface area contributed by atoms with Gasteiger partial charge in [-0.1, -0.05) is 26.7 Å². The SMILES string of the molecule is COc1ccc(C(=O)C2(CC(C)C)CCCC2)cc1C. The van der Waals surface area contributed by atoms with E-state index in [9.17, 15) is 4.79 Å². The fourth-order valence-electron chi connectivity index (χ4n) is 3.68. The molecule has 0 heterocycles. The number of hydrogen-bond donors (Lipinski definition) is 0. The predicted molar refractivity (Wildman–Crippen MR) is 82.4 cm³/mol. The van der Waals surface area contributed by atoms with Gasteiger partial charge in [-0.3, -0.25) is 4.79 Å². The fraction of sp³-hybridized carbons (Fsp3) is 0.611. The number of rotatable bonds is 5. The summed E-state index contributed by atoms with van der Waals surface area (Å²) in [5.41, 5.74) is 1.77. The number of methoxy groups -OCH3 is 1. The maximum atomic E-state index is 13.0. The Bertz CT molecular complexity index is 482. The molecular weight excluding hydrogens is 248 g/mol. The first-order valence-electron chi connectivity index (χ1n) is 7.68. The van der Waals surface area contributed by atoms with Crippen molar-refractivity contribution >= 4 is 5.78 Å². The predicted octanol–water partition coefficient (Wildman–Crippen LogP) is 4.79. The summed E-state index contributed by atoms with van der Waals surface area (Å²) in [5.74, 6) is 1.76. The molecule has 0 unspecified atom stereocenters. The van der Waals surface area contributed by atoms with E-state index in [0.29, 0.717) is 11.7 Å². The van der Waals surface area contributed by atoms with Gasteiger partial charge in [0.15, 0.2) is 5.78 Å². The normalized spacial score (nSPS) is 17.4. The van der Waals surface area contributed by atoms with Crippen LogP contribution in [0.5, 0.6) is 5.75 Å². The maximum absolute atomic E-state index is 13.0. The molecule has 1 fully saturated rings. The van der Waals surface area contributed by atoms with Crippen molar-refractivity contribution in [2.24, 2.45) is 11.3 Å². The Hall–Kier alpha value is -1.31. The molecule has 0 saturated heterocycles. The van der Waals surface area contributed by atoms with E-state index in [2.05, 4.69) is 13.8 Å². The second-order valence-corrected chi connectivity index (χ2v) is 6.60. The van der Waals surface area contributed by atoms with E-state index in [4.69, 9.17) is 4.74 Å². The van der Waals surface area contributed by atoms with E-state index >= 15 is 0 Å². The van der Waals surface area contributed by atoms with Crippen LogP contribution in [-0.4, -0.2) is 12.9 Å². The zero-order chi connectivity index (χ0) is 14.8. The summed E-state index contributed by atoms with van der Waals surface area (Å²) >= 11 is 0. The Morgan fingerprint density at radius 1 is 1.30 bits per heavy atom. The van der Waals surface area contributed by atoms with Crippen LogP contribution in [0, 0.1) is 18.3 Å². The molecule has 0 amide bonds. The van der Waals surface area contributed by atoms with E-state index in [-0.39, 0.29) is 5.41 Å². The minimum Gasteiger partial charge on any atom is -0.496 e. The van der Waals surface area contributed by atoms with Gasteiger partial charge in [0.2, 0.25) is 0 Å². The first-order chi connectivity index (χ1) is 9.48. The van der Waals surface area contributed by atoms with Gasteiger partial charge in [-0.15, -0.1) is 0 Å². The van der Waals surface area contributed by atoms with E-state index in [1.165, 1.54) is 12.8 Å². The number of carbonyl (C=O) groups excluding carboxylic acids is 1.